The first-order chi connectivity index (χ1) is 14.3. The molecule has 5 rings (SSSR count). The Hall–Kier alpha value is -2.55. The number of rotatable bonds is 5. The van der Waals surface area contributed by atoms with E-state index in [0.717, 1.165) is 19.3 Å². The Balaban J connectivity index is 1.30. The van der Waals surface area contributed by atoms with E-state index in [2.05, 4.69) is 61.5 Å². The zero-order valence-corrected chi connectivity index (χ0v) is 17.1. The van der Waals surface area contributed by atoms with Gasteiger partial charge in [-0.3, -0.25) is 4.90 Å². The third-order valence-electron chi connectivity index (χ3n) is 6.87. The van der Waals surface area contributed by atoms with Crippen molar-refractivity contribution in [3.8, 4) is 11.1 Å². The van der Waals surface area contributed by atoms with Crippen LogP contribution in [0.3, 0.4) is 0 Å². The van der Waals surface area contributed by atoms with Crippen molar-refractivity contribution in [2.75, 3.05) is 6.61 Å². The van der Waals surface area contributed by atoms with Gasteiger partial charge in [-0.1, -0.05) is 73.5 Å². The van der Waals surface area contributed by atoms with Crippen molar-refractivity contribution in [2.24, 2.45) is 0 Å². The van der Waals surface area contributed by atoms with E-state index in [4.69, 9.17) is 4.74 Å². The molecule has 0 saturated carbocycles. The Morgan fingerprint density at radius 1 is 1.03 bits per heavy atom. The number of hydrogen-bond donors (Lipinski definition) is 0. The van der Waals surface area contributed by atoms with Crippen LogP contribution < -0.4 is 0 Å². The number of carbonyl (C=O) groups is 1. The van der Waals surface area contributed by atoms with Gasteiger partial charge in [0, 0.05) is 12.0 Å². The SMILES string of the molecule is CCCCC1=CC2CCC(C1)N2C(=O)OCC1c2ccccc2-c2ccccc21. The summed E-state index contributed by atoms with van der Waals surface area (Å²) in [7, 11) is 0. The summed E-state index contributed by atoms with van der Waals surface area (Å²) >= 11 is 0. The first-order valence-electron chi connectivity index (χ1n) is 11.1. The van der Waals surface area contributed by atoms with Crippen molar-refractivity contribution in [2.45, 2.75) is 63.5 Å². The fraction of sp³-hybridized carbons (Fsp3) is 0.423. The quantitative estimate of drug-likeness (QED) is 0.564. The van der Waals surface area contributed by atoms with Crippen LogP contribution in [0.5, 0.6) is 0 Å². The van der Waals surface area contributed by atoms with E-state index in [1.54, 1.807) is 5.57 Å². The highest BCUT2D eigenvalue weighted by Crippen LogP contribution is 2.45. The van der Waals surface area contributed by atoms with Gasteiger partial charge in [0.2, 0.25) is 0 Å². The average molecular weight is 388 g/mol. The zero-order valence-electron chi connectivity index (χ0n) is 17.1. The van der Waals surface area contributed by atoms with Crippen LogP contribution in [0, 0.1) is 0 Å². The summed E-state index contributed by atoms with van der Waals surface area (Å²) in [5.41, 5.74) is 6.62. The van der Waals surface area contributed by atoms with Gasteiger partial charge in [0.05, 0.1) is 6.04 Å². The van der Waals surface area contributed by atoms with Gasteiger partial charge in [-0.05, 0) is 54.4 Å². The molecule has 2 atom stereocenters. The molecule has 0 N–H and O–H groups in total. The molecular weight excluding hydrogens is 358 g/mol. The molecule has 1 saturated heterocycles. The fourth-order valence-corrected chi connectivity index (χ4v) is 5.46. The van der Waals surface area contributed by atoms with Gasteiger partial charge < -0.3 is 4.74 Å². The van der Waals surface area contributed by atoms with Crippen molar-refractivity contribution in [1.82, 2.24) is 4.90 Å². The second-order valence-electron chi connectivity index (χ2n) is 8.64. The molecule has 2 aliphatic heterocycles. The van der Waals surface area contributed by atoms with Gasteiger partial charge >= 0.3 is 6.09 Å². The molecule has 150 valence electrons. The first kappa shape index (κ1) is 18.5. The minimum absolute atomic E-state index is 0.129. The van der Waals surface area contributed by atoms with E-state index in [-0.39, 0.29) is 18.1 Å². The molecule has 2 aromatic carbocycles. The van der Waals surface area contributed by atoms with Crippen LogP contribution in [0.4, 0.5) is 4.79 Å². The second kappa shape index (κ2) is 7.70. The molecule has 0 radical (unpaired) electrons. The lowest BCUT2D eigenvalue weighted by molar-refractivity contribution is 0.0848. The lowest BCUT2D eigenvalue weighted by Crippen LogP contribution is -2.43. The van der Waals surface area contributed by atoms with E-state index < -0.39 is 0 Å². The number of ether oxygens (including phenoxy) is 1. The Morgan fingerprint density at radius 2 is 1.72 bits per heavy atom. The van der Waals surface area contributed by atoms with Crippen molar-refractivity contribution in [3.05, 3.63) is 71.3 Å². The standard InChI is InChI=1S/C26H29NO2/c1-2-3-8-18-15-19-13-14-20(16-18)27(19)26(28)29-17-25-23-11-6-4-9-21(23)22-10-5-7-12-24(22)25/h4-7,9-12,15,19-20,25H,2-3,8,13-14,16-17H2,1H3. The summed E-state index contributed by atoms with van der Waals surface area (Å²) in [4.78, 5) is 15.1. The van der Waals surface area contributed by atoms with Gasteiger partial charge in [-0.2, -0.15) is 0 Å². The lowest BCUT2D eigenvalue weighted by atomic mass is 9.97. The molecule has 29 heavy (non-hydrogen) atoms. The average Bonchev–Trinajstić information content (AvgIpc) is 3.22. The molecular formula is C26H29NO2. The predicted octanol–water partition coefficient (Wildman–Crippen LogP) is 6.29. The maximum Gasteiger partial charge on any atom is 0.410 e. The van der Waals surface area contributed by atoms with E-state index in [1.807, 2.05) is 4.90 Å². The van der Waals surface area contributed by atoms with Gasteiger partial charge in [-0.25, -0.2) is 4.79 Å². The lowest BCUT2D eigenvalue weighted by Gasteiger charge is -2.33. The molecule has 2 aromatic rings. The van der Waals surface area contributed by atoms with Crippen LogP contribution in [0.15, 0.2) is 60.2 Å². The van der Waals surface area contributed by atoms with E-state index in [0.29, 0.717) is 12.6 Å². The largest absolute Gasteiger partial charge is 0.448 e. The van der Waals surface area contributed by atoms with Crippen molar-refractivity contribution in [3.63, 3.8) is 0 Å². The Labute approximate surface area is 173 Å². The zero-order chi connectivity index (χ0) is 19.8. The van der Waals surface area contributed by atoms with Crippen molar-refractivity contribution < 1.29 is 9.53 Å². The normalized spacial score (nSPS) is 22.2. The number of unbranched alkanes of at least 4 members (excludes halogenated alkanes) is 1. The van der Waals surface area contributed by atoms with E-state index in [1.165, 1.54) is 41.5 Å². The highest BCUT2D eigenvalue weighted by atomic mass is 16.6. The molecule has 0 spiro atoms. The molecule has 2 heterocycles. The van der Waals surface area contributed by atoms with E-state index >= 15 is 0 Å². The number of carbonyl (C=O) groups excluding carboxylic acids is 1. The fourth-order valence-electron chi connectivity index (χ4n) is 5.46. The molecule has 0 aromatic heterocycles. The molecule has 1 amide bonds. The molecule has 3 aliphatic rings. The Kier molecular flexibility index (Phi) is 4.91. The third-order valence-corrected chi connectivity index (χ3v) is 6.87. The topological polar surface area (TPSA) is 29.5 Å². The summed E-state index contributed by atoms with van der Waals surface area (Å²) in [5.74, 6) is 0.129. The van der Waals surface area contributed by atoms with Crippen molar-refractivity contribution >= 4 is 6.09 Å². The predicted molar refractivity (Wildman–Crippen MR) is 116 cm³/mol. The minimum atomic E-state index is -0.134. The van der Waals surface area contributed by atoms with Crippen LogP contribution in [0.1, 0.15) is 62.5 Å². The Bertz CT molecular complexity index is 902. The van der Waals surface area contributed by atoms with Crippen LogP contribution in [0.25, 0.3) is 11.1 Å². The van der Waals surface area contributed by atoms with Crippen molar-refractivity contribution in [1.29, 1.82) is 0 Å². The number of fused-ring (bicyclic) bond motifs is 5. The van der Waals surface area contributed by atoms with Gasteiger partial charge in [0.15, 0.2) is 0 Å². The molecule has 1 fully saturated rings. The first-order valence-corrected chi connectivity index (χ1v) is 11.1. The highest BCUT2D eigenvalue weighted by molar-refractivity contribution is 5.79. The minimum Gasteiger partial charge on any atom is -0.448 e. The molecule has 2 unspecified atom stereocenters. The van der Waals surface area contributed by atoms with Gasteiger partial charge in [0.1, 0.15) is 6.61 Å². The van der Waals surface area contributed by atoms with Crippen LogP contribution in [-0.2, 0) is 4.74 Å². The summed E-state index contributed by atoms with van der Waals surface area (Å²) in [6.07, 6.45) is 9.07. The maximum absolute atomic E-state index is 13.0. The molecule has 1 aliphatic carbocycles. The number of benzene rings is 2. The summed E-state index contributed by atoms with van der Waals surface area (Å²) < 4.78 is 5.93. The van der Waals surface area contributed by atoms with E-state index in [9.17, 15) is 4.79 Å². The van der Waals surface area contributed by atoms with Crippen LogP contribution >= 0.6 is 0 Å². The number of amides is 1. The molecule has 3 heteroatoms. The number of nitrogens with zero attached hydrogens (tertiary/aromatic N) is 1. The third kappa shape index (κ3) is 3.27. The smallest absolute Gasteiger partial charge is 0.410 e. The van der Waals surface area contributed by atoms with Crippen LogP contribution in [0.2, 0.25) is 0 Å². The highest BCUT2D eigenvalue weighted by Gasteiger charge is 2.40. The number of hydrogen-bond acceptors (Lipinski definition) is 2. The molecule has 2 bridgehead atoms. The van der Waals surface area contributed by atoms with Crippen LogP contribution in [-0.4, -0.2) is 29.7 Å². The second-order valence-corrected chi connectivity index (χ2v) is 8.64. The Morgan fingerprint density at radius 3 is 2.38 bits per heavy atom. The van der Waals surface area contributed by atoms with Gasteiger partial charge in [0.25, 0.3) is 0 Å². The summed E-state index contributed by atoms with van der Waals surface area (Å²) in [5, 5.41) is 0. The monoisotopic (exact) mass is 387 g/mol. The maximum atomic E-state index is 13.0. The van der Waals surface area contributed by atoms with Gasteiger partial charge in [-0.15, -0.1) is 0 Å². The summed E-state index contributed by atoms with van der Waals surface area (Å²) in [6.45, 7) is 2.65. The summed E-state index contributed by atoms with van der Waals surface area (Å²) in [6, 6.07) is 17.6. The molecule has 3 nitrogen and oxygen atoms in total.